The molecule has 1 heterocycles. The summed E-state index contributed by atoms with van der Waals surface area (Å²) >= 11 is 0. The third kappa shape index (κ3) is 4.62. The molecular weight excluding hydrogens is 310 g/mol. The molecule has 0 bridgehead atoms. The summed E-state index contributed by atoms with van der Waals surface area (Å²) in [5.74, 6) is 0.896. The quantitative estimate of drug-likeness (QED) is 0.463. The Hall–Kier alpha value is -2.30. The van der Waals surface area contributed by atoms with Crippen LogP contribution in [0.2, 0.25) is 0 Å². The van der Waals surface area contributed by atoms with E-state index in [-0.39, 0.29) is 5.41 Å². The minimum Gasteiger partial charge on any atom is -0.356 e. The lowest BCUT2D eigenvalue weighted by Gasteiger charge is -2.30. The van der Waals surface area contributed by atoms with Crippen molar-refractivity contribution in [2.24, 2.45) is 4.99 Å². The van der Waals surface area contributed by atoms with Gasteiger partial charge in [-0.3, -0.25) is 4.99 Å². The maximum atomic E-state index is 4.38. The van der Waals surface area contributed by atoms with Crippen molar-refractivity contribution in [3.8, 4) is 0 Å². The van der Waals surface area contributed by atoms with Crippen molar-refractivity contribution < 1.29 is 0 Å². The first kappa shape index (κ1) is 17.5. The van der Waals surface area contributed by atoms with Crippen LogP contribution < -0.4 is 10.6 Å². The van der Waals surface area contributed by atoms with Crippen LogP contribution in [-0.2, 0) is 12.0 Å². The van der Waals surface area contributed by atoms with E-state index in [1.54, 1.807) is 0 Å². The van der Waals surface area contributed by atoms with Gasteiger partial charge in [-0.2, -0.15) is 0 Å². The number of nitrogens with zero attached hydrogens (tertiary/aromatic N) is 3. The van der Waals surface area contributed by atoms with Crippen LogP contribution in [0, 0.1) is 0 Å². The molecule has 0 aliphatic heterocycles. The predicted molar refractivity (Wildman–Crippen MR) is 103 cm³/mol. The molecule has 2 aromatic rings. The topological polar surface area (TPSA) is 54.2 Å². The van der Waals surface area contributed by atoms with Crippen LogP contribution in [0.1, 0.15) is 37.7 Å². The van der Waals surface area contributed by atoms with Crippen molar-refractivity contribution in [1.82, 2.24) is 20.2 Å². The van der Waals surface area contributed by atoms with Crippen molar-refractivity contribution >= 4 is 5.96 Å². The molecule has 0 unspecified atom stereocenters. The Morgan fingerprint density at radius 2 is 2.00 bits per heavy atom. The van der Waals surface area contributed by atoms with Crippen molar-refractivity contribution in [1.29, 1.82) is 0 Å². The van der Waals surface area contributed by atoms with Gasteiger partial charge in [0.15, 0.2) is 5.96 Å². The zero-order valence-electron chi connectivity index (χ0n) is 15.1. The Kier molecular flexibility index (Phi) is 6.09. The molecule has 0 saturated heterocycles. The Morgan fingerprint density at radius 3 is 2.68 bits per heavy atom. The van der Waals surface area contributed by atoms with Gasteiger partial charge < -0.3 is 15.2 Å². The zero-order chi connectivity index (χ0) is 17.4. The van der Waals surface area contributed by atoms with E-state index in [4.69, 9.17) is 0 Å². The van der Waals surface area contributed by atoms with Gasteiger partial charge in [0.05, 0.1) is 6.33 Å². The molecule has 25 heavy (non-hydrogen) atoms. The highest BCUT2D eigenvalue weighted by Gasteiger charge is 2.35. The second-order valence-electron chi connectivity index (χ2n) is 6.86. The van der Waals surface area contributed by atoms with Gasteiger partial charge in [-0.15, -0.1) is 0 Å². The van der Waals surface area contributed by atoms with Gasteiger partial charge in [-0.25, -0.2) is 4.98 Å². The van der Waals surface area contributed by atoms with Crippen LogP contribution in [0.3, 0.4) is 0 Å². The average Bonchev–Trinajstić information content (AvgIpc) is 3.34. The highest BCUT2D eigenvalue weighted by atomic mass is 15.2. The summed E-state index contributed by atoms with van der Waals surface area (Å²) < 4.78 is 2.10. The first-order valence-electron chi connectivity index (χ1n) is 9.28. The standard InChI is InChI=1S/C20H29N5/c1-21-19(23-12-7-14-25-15-13-22-17-25)24-16-20(10-5-6-11-20)18-8-3-2-4-9-18/h2-4,8-9,13,15,17H,5-7,10-12,14,16H2,1H3,(H2,21,23,24). The van der Waals surface area contributed by atoms with Crippen molar-refractivity contribution in [2.75, 3.05) is 20.1 Å². The van der Waals surface area contributed by atoms with E-state index < -0.39 is 0 Å². The van der Waals surface area contributed by atoms with Crippen molar-refractivity contribution in [3.63, 3.8) is 0 Å². The number of aliphatic imine (C=N–C) groups is 1. The van der Waals surface area contributed by atoms with Crippen LogP contribution in [0.4, 0.5) is 0 Å². The Balaban J connectivity index is 1.49. The fourth-order valence-electron chi connectivity index (χ4n) is 3.77. The van der Waals surface area contributed by atoms with E-state index in [0.717, 1.165) is 32.0 Å². The molecule has 5 heteroatoms. The van der Waals surface area contributed by atoms with E-state index in [1.165, 1.54) is 31.2 Å². The smallest absolute Gasteiger partial charge is 0.191 e. The third-order valence-corrected chi connectivity index (χ3v) is 5.21. The van der Waals surface area contributed by atoms with E-state index in [9.17, 15) is 0 Å². The molecule has 134 valence electrons. The van der Waals surface area contributed by atoms with E-state index >= 15 is 0 Å². The second-order valence-corrected chi connectivity index (χ2v) is 6.86. The lowest BCUT2D eigenvalue weighted by molar-refractivity contribution is 0.431. The van der Waals surface area contributed by atoms with Gasteiger partial charge in [0.2, 0.25) is 0 Å². The fourth-order valence-corrected chi connectivity index (χ4v) is 3.77. The highest BCUT2D eigenvalue weighted by Crippen LogP contribution is 2.40. The molecule has 3 rings (SSSR count). The summed E-state index contributed by atoms with van der Waals surface area (Å²) in [4.78, 5) is 8.45. The van der Waals surface area contributed by atoms with Gasteiger partial charge in [0.1, 0.15) is 0 Å². The summed E-state index contributed by atoms with van der Waals surface area (Å²) in [6.07, 6.45) is 11.8. The summed E-state index contributed by atoms with van der Waals surface area (Å²) in [5.41, 5.74) is 1.70. The molecule has 1 saturated carbocycles. The van der Waals surface area contributed by atoms with Crippen LogP contribution >= 0.6 is 0 Å². The number of hydrogen-bond acceptors (Lipinski definition) is 2. The third-order valence-electron chi connectivity index (χ3n) is 5.21. The normalized spacial score (nSPS) is 16.8. The van der Waals surface area contributed by atoms with E-state index in [0.29, 0.717) is 0 Å². The lowest BCUT2D eigenvalue weighted by Crippen LogP contribution is -2.45. The molecule has 0 radical (unpaired) electrons. The van der Waals surface area contributed by atoms with E-state index in [2.05, 4.69) is 55.5 Å². The van der Waals surface area contributed by atoms with Crippen molar-refractivity contribution in [2.45, 2.75) is 44.1 Å². The summed E-state index contributed by atoms with van der Waals surface area (Å²) in [6.45, 7) is 2.81. The number of benzene rings is 1. The number of aromatic nitrogens is 2. The molecule has 1 aliphatic rings. The second kappa shape index (κ2) is 8.70. The van der Waals surface area contributed by atoms with Gasteiger partial charge >= 0.3 is 0 Å². The molecule has 1 fully saturated rings. The van der Waals surface area contributed by atoms with Gasteiger partial charge in [-0.1, -0.05) is 43.2 Å². The maximum absolute atomic E-state index is 4.38. The first-order chi connectivity index (χ1) is 12.3. The summed E-state index contributed by atoms with van der Waals surface area (Å²) in [5, 5.41) is 6.99. The Morgan fingerprint density at radius 1 is 1.20 bits per heavy atom. The monoisotopic (exact) mass is 339 g/mol. The SMILES string of the molecule is CN=C(NCCCn1ccnc1)NCC1(c2ccccc2)CCCC1. The zero-order valence-corrected chi connectivity index (χ0v) is 15.1. The van der Waals surface area contributed by atoms with Gasteiger partial charge in [0.25, 0.3) is 0 Å². The van der Waals surface area contributed by atoms with Crippen LogP contribution in [0.15, 0.2) is 54.0 Å². The van der Waals surface area contributed by atoms with Crippen molar-refractivity contribution in [3.05, 3.63) is 54.6 Å². The van der Waals surface area contributed by atoms with Crippen LogP contribution in [0.25, 0.3) is 0 Å². The molecule has 1 aliphatic carbocycles. The highest BCUT2D eigenvalue weighted by molar-refractivity contribution is 5.79. The Bertz CT molecular complexity index is 642. The molecule has 0 spiro atoms. The molecular formula is C20H29N5. The minimum atomic E-state index is 0.246. The maximum Gasteiger partial charge on any atom is 0.191 e. The summed E-state index contributed by atoms with van der Waals surface area (Å²) in [6, 6.07) is 10.9. The number of guanidine groups is 1. The van der Waals surface area contributed by atoms with Crippen LogP contribution in [0.5, 0.6) is 0 Å². The number of aryl methyl sites for hydroxylation is 1. The van der Waals surface area contributed by atoms with Gasteiger partial charge in [0, 0.05) is 44.5 Å². The molecule has 0 atom stereocenters. The number of hydrogen-bond donors (Lipinski definition) is 2. The lowest BCUT2D eigenvalue weighted by atomic mass is 9.79. The van der Waals surface area contributed by atoms with Gasteiger partial charge in [-0.05, 0) is 24.8 Å². The Labute approximate surface area is 150 Å². The first-order valence-corrected chi connectivity index (χ1v) is 9.28. The molecule has 5 nitrogen and oxygen atoms in total. The number of nitrogens with one attached hydrogen (secondary N) is 2. The van der Waals surface area contributed by atoms with E-state index in [1.807, 2.05) is 25.8 Å². The summed E-state index contributed by atoms with van der Waals surface area (Å²) in [7, 11) is 1.84. The molecule has 2 N–H and O–H groups in total. The fraction of sp³-hybridized carbons (Fsp3) is 0.500. The number of rotatable bonds is 7. The molecule has 1 aromatic carbocycles. The minimum absolute atomic E-state index is 0.246. The largest absolute Gasteiger partial charge is 0.356 e. The average molecular weight is 339 g/mol. The predicted octanol–water partition coefficient (Wildman–Crippen LogP) is 2.95. The van der Waals surface area contributed by atoms with Crippen LogP contribution in [-0.4, -0.2) is 35.6 Å². The molecule has 1 aromatic heterocycles. The number of imidazole rings is 1. The molecule has 0 amide bonds.